The van der Waals surface area contributed by atoms with E-state index in [-0.39, 0.29) is 5.78 Å². The highest BCUT2D eigenvalue weighted by atomic mass is 16.5. The van der Waals surface area contributed by atoms with Gasteiger partial charge in [-0.1, -0.05) is 0 Å². The largest absolute Gasteiger partial charge is 0.480 e. The molecular formula is C20H22O6. The van der Waals surface area contributed by atoms with Gasteiger partial charge in [0, 0.05) is 31.6 Å². The lowest BCUT2D eigenvalue weighted by Crippen LogP contribution is -2.41. The van der Waals surface area contributed by atoms with Crippen molar-refractivity contribution in [2.24, 2.45) is 0 Å². The van der Waals surface area contributed by atoms with Crippen molar-refractivity contribution in [3.63, 3.8) is 0 Å². The number of rotatable bonds is 5. The fraction of sp³-hybridized carbons (Fsp3) is 0.400. The highest BCUT2D eigenvalue weighted by molar-refractivity contribution is 5.93. The van der Waals surface area contributed by atoms with E-state index in [0.717, 1.165) is 5.57 Å². The topological polar surface area (TPSA) is 71.1 Å². The highest BCUT2D eigenvalue weighted by Crippen LogP contribution is 2.43. The molecule has 1 atom stereocenters. The Kier molecular flexibility index (Phi) is 4.87. The summed E-state index contributed by atoms with van der Waals surface area (Å²) in [7, 11) is 2.94. The zero-order chi connectivity index (χ0) is 18.9. The Morgan fingerprint density at radius 1 is 1.27 bits per heavy atom. The number of hydrogen-bond donors (Lipinski definition) is 0. The van der Waals surface area contributed by atoms with Crippen molar-refractivity contribution in [1.82, 2.24) is 0 Å². The smallest absolute Gasteiger partial charge is 0.337 e. The number of ether oxygens (including phenoxy) is 4. The summed E-state index contributed by atoms with van der Waals surface area (Å²) in [5.41, 5.74) is 1.16. The molecule has 0 amide bonds. The maximum Gasteiger partial charge on any atom is 0.337 e. The molecule has 1 aromatic rings. The van der Waals surface area contributed by atoms with Crippen LogP contribution < -0.4 is 4.74 Å². The molecule has 0 radical (unpaired) electrons. The van der Waals surface area contributed by atoms with Gasteiger partial charge in [-0.05, 0) is 32.0 Å². The van der Waals surface area contributed by atoms with Crippen molar-refractivity contribution in [3.8, 4) is 5.75 Å². The number of carbonyl (C=O) groups is 2. The SMILES string of the molecule is COCC1(C)Oc2ccc(C(=O)OC)cc2C(OC2=CC(=O)CC2)=C1C. The van der Waals surface area contributed by atoms with E-state index in [2.05, 4.69) is 0 Å². The quantitative estimate of drug-likeness (QED) is 0.753. The van der Waals surface area contributed by atoms with Gasteiger partial charge >= 0.3 is 5.97 Å². The van der Waals surface area contributed by atoms with Crippen molar-refractivity contribution in [1.29, 1.82) is 0 Å². The molecule has 0 N–H and O–H groups in total. The summed E-state index contributed by atoms with van der Waals surface area (Å²) in [6, 6.07) is 5.05. The van der Waals surface area contributed by atoms with Crippen LogP contribution in [0, 0.1) is 0 Å². The minimum atomic E-state index is -0.715. The maximum atomic E-state index is 11.9. The van der Waals surface area contributed by atoms with Crippen LogP contribution in [0.2, 0.25) is 0 Å². The Morgan fingerprint density at radius 2 is 2.04 bits per heavy atom. The first-order valence-corrected chi connectivity index (χ1v) is 8.41. The Balaban J connectivity index is 2.10. The van der Waals surface area contributed by atoms with Crippen LogP contribution in [0.4, 0.5) is 0 Å². The van der Waals surface area contributed by atoms with Gasteiger partial charge in [-0.25, -0.2) is 4.79 Å². The van der Waals surface area contributed by atoms with Gasteiger partial charge in [0.25, 0.3) is 0 Å². The molecule has 26 heavy (non-hydrogen) atoms. The molecule has 0 spiro atoms. The molecule has 138 valence electrons. The Labute approximate surface area is 152 Å². The number of benzene rings is 1. The summed E-state index contributed by atoms with van der Waals surface area (Å²) in [6.45, 7) is 4.15. The Bertz CT molecular complexity index is 820. The molecule has 1 heterocycles. The summed E-state index contributed by atoms with van der Waals surface area (Å²) in [6.07, 6.45) is 2.53. The van der Waals surface area contributed by atoms with Crippen LogP contribution in [0.25, 0.3) is 5.76 Å². The number of methoxy groups -OCH3 is 2. The van der Waals surface area contributed by atoms with E-state index in [1.165, 1.54) is 13.2 Å². The highest BCUT2D eigenvalue weighted by Gasteiger charge is 2.38. The van der Waals surface area contributed by atoms with Crippen molar-refractivity contribution >= 4 is 17.5 Å². The van der Waals surface area contributed by atoms with Gasteiger partial charge < -0.3 is 18.9 Å². The summed E-state index contributed by atoms with van der Waals surface area (Å²) in [5, 5.41) is 0. The van der Waals surface area contributed by atoms with E-state index in [4.69, 9.17) is 18.9 Å². The van der Waals surface area contributed by atoms with E-state index < -0.39 is 11.6 Å². The maximum absolute atomic E-state index is 11.9. The second-order valence-electron chi connectivity index (χ2n) is 6.60. The van der Waals surface area contributed by atoms with Crippen molar-refractivity contribution in [2.45, 2.75) is 32.3 Å². The number of carbonyl (C=O) groups excluding carboxylic acids is 2. The second-order valence-corrected chi connectivity index (χ2v) is 6.60. The predicted molar refractivity (Wildman–Crippen MR) is 94.7 cm³/mol. The van der Waals surface area contributed by atoms with Gasteiger partial charge in [-0.15, -0.1) is 0 Å². The Hall–Kier alpha value is -2.60. The Morgan fingerprint density at radius 3 is 2.65 bits per heavy atom. The molecule has 0 aromatic heterocycles. The van der Waals surface area contributed by atoms with Crippen LogP contribution in [-0.2, 0) is 19.0 Å². The van der Waals surface area contributed by atoms with Crippen LogP contribution in [0.1, 0.15) is 42.6 Å². The van der Waals surface area contributed by atoms with Crippen molar-refractivity contribution < 1.29 is 28.5 Å². The summed E-state index contributed by atoms with van der Waals surface area (Å²) >= 11 is 0. The lowest BCUT2D eigenvalue weighted by atomic mass is 9.90. The molecule has 0 saturated carbocycles. The van der Waals surface area contributed by atoms with Crippen LogP contribution in [0.5, 0.6) is 5.75 Å². The van der Waals surface area contributed by atoms with Crippen molar-refractivity contribution in [3.05, 3.63) is 46.7 Å². The molecule has 1 aliphatic heterocycles. The summed E-state index contributed by atoms with van der Waals surface area (Å²) in [4.78, 5) is 23.5. The number of esters is 1. The number of fused-ring (bicyclic) bond motifs is 1. The minimum Gasteiger partial charge on any atom is -0.480 e. The normalized spacial score (nSPS) is 21.8. The van der Waals surface area contributed by atoms with E-state index >= 15 is 0 Å². The van der Waals surface area contributed by atoms with E-state index in [1.54, 1.807) is 25.3 Å². The fourth-order valence-corrected chi connectivity index (χ4v) is 3.13. The summed E-state index contributed by atoms with van der Waals surface area (Å²) < 4.78 is 22.4. The molecule has 1 aromatic carbocycles. The molecule has 6 heteroatoms. The lowest BCUT2D eigenvalue weighted by molar-refractivity contribution is -0.114. The number of allylic oxidation sites excluding steroid dienone is 2. The van der Waals surface area contributed by atoms with Crippen molar-refractivity contribution in [2.75, 3.05) is 20.8 Å². The van der Waals surface area contributed by atoms with Gasteiger partial charge in [-0.3, -0.25) is 4.79 Å². The molecule has 2 aliphatic rings. The minimum absolute atomic E-state index is 0.0495. The fourth-order valence-electron chi connectivity index (χ4n) is 3.13. The molecule has 1 unspecified atom stereocenters. The first-order chi connectivity index (χ1) is 12.4. The van der Waals surface area contributed by atoms with E-state index in [9.17, 15) is 9.59 Å². The van der Waals surface area contributed by atoms with Gasteiger partial charge in [0.05, 0.1) is 24.8 Å². The van der Waals surface area contributed by atoms with Gasteiger partial charge in [0.1, 0.15) is 17.3 Å². The second kappa shape index (κ2) is 6.96. The average Bonchev–Trinajstić information content (AvgIpc) is 3.03. The molecule has 0 bridgehead atoms. The third kappa shape index (κ3) is 3.24. The van der Waals surface area contributed by atoms with Gasteiger partial charge in [0.15, 0.2) is 11.4 Å². The zero-order valence-electron chi connectivity index (χ0n) is 15.4. The van der Waals surface area contributed by atoms with Crippen LogP contribution >= 0.6 is 0 Å². The van der Waals surface area contributed by atoms with Gasteiger partial charge in [-0.2, -0.15) is 0 Å². The monoisotopic (exact) mass is 358 g/mol. The lowest BCUT2D eigenvalue weighted by Gasteiger charge is -2.37. The average molecular weight is 358 g/mol. The number of hydrogen-bond acceptors (Lipinski definition) is 6. The predicted octanol–water partition coefficient (Wildman–Crippen LogP) is 3.27. The van der Waals surface area contributed by atoms with Crippen LogP contribution in [-0.4, -0.2) is 38.2 Å². The summed E-state index contributed by atoms with van der Waals surface area (Å²) in [5.74, 6) is 1.39. The first-order valence-electron chi connectivity index (χ1n) is 8.41. The molecular weight excluding hydrogens is 336 g/mol. The molecule has 0 fully saturated rings. The van der Waals surface area contributed by atoms with Gasteiger partial charge in [0.2, 0.25) is 0 Å². The molecule has 3 rings (SSSR count). The first kappa shape index (κ1) is 18.2. The zero-order valence-corrected chi connectivity index (χ0v) is 15.4. The van der Waals surface area contributed by atoms with Crippen LogP contribution in [0.3, 0.4) is 0 Å². The standard InChI is InChI=1S/C20H22O6/c1-12-18(25-15-7-6-14(21)10-15)16-9-13(19(22)24-4)5-8-17(16)26-20(12,2)11-23-3/h5,8-10H,6-7,11H2,1-4H3. The van der Waals surface area contributed by atoms with E-state index in [1.807, 2.05) is 13.8 Å². The van der Waals surface area contributed by atoms with Crippen LogP contribution in [0.15, 0.2) is 35.6 Å². The van der Waals surface area contributed by atoms with E-state index in [0.29, 0.717) is 47.8 Å². The molecule has 6 nitrogen and oxygen atoms in total. The molecule has 1 aliphatic carbocycles. The third-order valence-electron chi connectivity index (χ3n) is 4.71. The third-order valence-corrected chi connectivity index (χ3v) is 4.71. The molecule has 0 saturated heterocycles. The number of ketones is 1.